The highest BCUT2D eigenvalue weighted by molar-refractivity contribution is 5.76. The summed E-state index contributed by atoms with van der Waals surface area (Å²) >= 11 is 0. The molecule has 4 nitrogen and oxygen atoms in total. The Bertz CT molecular complexity index is 401. The van der Waals surface area contributed by atoms with Gasteiger partial charge in [-0.2, -0.15) is 0 Å². The standard InChI is InChI=1S/C14H20N2O2/c15-13-5-1-3-12(11-13)4-2-6-14(17)16-7-9-18-10-8-16/h1,3,5,11H,2,4,6-10,15H2. The molecule has 0 atom stereocenters. The molecule has 1 aliphatic rings. The second-order valence-electron chi connectivity index (χ2n) is 4.59. The molecule has 98 valence electrons. The van der Waals surface area contributed by atoms with Crippen molar-refractivity contribution in [2.75, 3.05) is 32.0 Å². The second kappa shape index (κ2) is 6.40. The number of amides is 1. The monoisotopic (exact) mass is 248 g/mol. The normalized spacial score (nSPS) is 15.7. The van der Waals surface area contributed by atoms with Gasteiger partial charge in [-0.15, -0.1) is 0 Å². The van der Waals surface area contributed by atoms with Gasteiger partial charge in [0.1, 0.15) is 0 Å². The van der Waals surface area contributed by atoms with Crippen molar-refractivity contribution in [3.63, 3.8) is 0 Å². The number of morpholine rings is 1. The lowest BCUT2D eigenvalue weighted by molar-refractivity contribution is -0.135. The van der Waals surface area contributed by atoms with Gasteiger partial charge in [0.05, 0.1) is 13.2 Å². The van der Waals surface area contributed by atoms with E-state index >= 15 is 0 Å². The molecule has 0 aliphatic carbocycles. The van der Waals surface area contributed by atoms with Crippen LogP contribution in [0.4, 0.5) is 5.69 Å². The summed E-state index contributed by atoms with van der Waals surface area (Å²) in [4.78, 5) is 13.8. The van der Waals surface area contributed by atoms with Crippen LogP contribution in [-0.4, -0.2) is 37.1 Å². The summed E-state index contributed by atoms with van der Waals surface area (Å²) in [6.45, 7) is 2.80. The number of hydrogen-bond acceptors (Lipinski definition) is 3. The molecule has 18 heavy (non-hydrogen) atoms. The fourth-order valence-corrected chi connectivity index (χ4v) is 2.16. The predicted molar refractivity (Wildman–Crippen MR) is 71.2 cm³/mol. The fraction of sp³-hybridized carbons (Fsp3) is 0.500. The second-order valence-corrected chi connectivity index (χ2v) is 4.59. The van der Waals surface area contributed by atoms with Crippen LogP contribution in [0.3, 0.4) is 0 Å². The van der Waals surface area contributed by atoms with Crippen molar-refractivity contribution < 1.29 is 9.53 Å². The summed E-state index contributed by atoms with van der Waals surface area (Å²) in [5.74, 6) is 0.238. The molecular formula is C14H20N2O2. The maximum atomic E-state index is 11.9. The first-order valence-electron chi connectivity index (χ1n) is 6.45. The van der Waals surface area contributed by atoms with Crippen LogP contribution in [0.25, 0.3) is 0 Å². The van der Waals surface area contributed by atoms with Gasteiger partial charge in [0, 0.05) is 25.2 Å². The van der Waals surface area contributed by atoms with E-state index in [4.69, 9.17) is 10.5 Å². The number of anilines is 1. The van der Waals surface area contributed by atoms with Gasteiger partial charge in [-0.25, -0.2) is 0 Å². The Kier molecular flexibility index (Phi) is 4.59. The summed E-state index contributed by atoms with van der Waals surface area (Å²) in [6, 6.07) is 7.85. The number of nitrogen functional groups attached to an aromatic ring is 1. The molecule has 1 heterocycles. The maximum Gasteiger partial charge on any atom is 0.222 e. The summed E-state index contributed by atoms with van der Waals surface area (Å²) in [7, 11) is 0. The van der Waals surface area contributed by atoms with Crippen molar-refractivity contribution in [1.29, 1.82) is 0 Å². The molecule has 2 rings (SSSR count). The van der Waals surface area contributed by atoms with E-state index in [0.717, 1.165) is 31.6 Å². The van der Waals surface area contributed by atoms with E-state index in [-0.39, 0.29) is 5.91 Å². The zero-order valence-electron chi connectivity index (χ0n) is 10.6. The van der Waals surface area contributed by atoms with Crippen LogP contribution in [0.2, 0.25) is 0 Å². The third-order valence-corrected chi connectivity index (χ3v) is 3.17. The quantitative estimate of drug-likeness (QED) is 0.820. The molecule has 2 N–H and O–H groups in total. The Labute approximate surface area is 108 Å². The number of aryl methyl sites for hydroxylation is 1. The van der Waals surface area contributed by atoms with Crippen molar-refractivity contribution in [1.82, 2.24) is 4.90 Å². The molecule has 1 saturated heterocycles. The maximum absolute atomic E-state index is 11.9. The molecule has 0 aromatic heterocycles. The number of nitrogens with zero attached hydrogens (tertiary/aromatic N) is 1. The number of hydrogen-bond donors (Lipinski definition) is 1. The number of carbonyl (C=O) groups is 1. The van der Waals surface area contributed by atoms with Crippen LogP contribution >= 0.6 is 0 Å². The summed E-state index contributed by atoms with van der Waals surface area (Å²) in [5, 5.41) is 0. The first-order valence-corrected chi connectivity index (χ1v) is 6.45. The number of rotatable bonds is 4. The van der Waals surface area contributed by atoms with Crippen LogP contribution in [0, 0.1) is 0 Å². The first kappa shape index (κ1) is 12.9. The van der Waals surface area contributed by atoms with E-state index in [1.54, 1.807) is 0 Å². The van der Waals surface area contributed by atoms with Crippen molar-refractivity contribution in [3.05, 3.63) is 29.8 Å². The Hall–Kier alpha value is -1.55. The van der Waals surface area contributed by atoms with Gasteiger partial charge in [0.25, 0.3) is 0 Å². The molecule has 0 bridgehead atoms. The number of nitrogens with two attached hydrogens (primary N) is 1. The van der Waals surface area contributed by atoms with Crippen molar-refractivity contribution >= 4 is 11.6 Å². The van der Waals surface area contributed by atoms with Crippen LogP contribution in [0.1, 0.15) is 18.4 Å². The van der Waals surface area contributed by atoms with E-state index in [1.165, 1.54) is 5.56 Å². The lowest BCUT2D eigenvalue weighted by Gasteiger charge is -2.26. The van der Waals surface area contributed by atoms with Gasteiger partial charge in [-0.3, -0.25) is 4.79 Å². The molecule has 4 heteroatoms. The van der Waals surface area contributed by atoms with Gasteiger partial charge in [0.2, 0.25) is 5.91 Å². The lowest BCUT2D eigenvalue weighted by Crippen LogP contribution is -2.40. The van der Waals surface area contributed by atoms with Gasteiger partial charge in [0.15, 0.2) is 0 Å². The SMILES string of the molecule is Nc1cccc(CCCC(=O)N2CCOCC2)c1. The highest BCUT2D eigenvalue weighted by Crippen LogP contribution is 2.11. The van der Waals surface area contributed by atoms with Crippen LogP contribution in [0.5, 0.6) is 0 Å². The molecule has 1 amide bonds. The number of benzene rings is 1. The van der Waals surface area contributed by atoms with Crippen LogP contribution in [0.15, 0.2) is 24.3 Å². The Morgan fingerprint density at radius 1 is 1.33 bits per heavy atom. The topological polar surface area (TPSA) is 55.6 Å². The van der Waals surface area contributed by atoms with Crippen molar-refractivity contribution in [3.8, 4) is 0 Å². The molecular weight excluding hydrogens is 228 g/mol. The summed E-state index contributed by atoms with van der Waals surface area (Å²) in [5.41, 5.74) is 7.70. The largest absolute Gasteiger partial charge is 0.399 e. The summed E-state index contributed by atoms with van der Waals surface area (Å²) in [6.07, 6.45) is 2.38. The average Bonchev–Trinajstić information content (AvgIpc) is 2.40. The van der Waals surface area contributed by atoms with Crippen LogP contribution in [-0.2, 0) is 16.0 Å². The minimum Gasteiger partial charge on any atom is -0.399 e. The van der Waals surface area contributed by atoms with Crippen molar-refractivity contribution in [2.45, 2.75) is 19.3 Å². The van der Waals surface area contributed by atoms with Gasteiger partial charge < -0.3 is 15.4 Å². The third kappa shape index (κ3) is 3.74. The zero-order valence-corrected chi connectivity index (χ0v) is 10.6. The van der Waals surface area contributed by atoms with E-state index in [1.807, 2.05) is 23.1 Å². The lowest BCUT2D eigenvalue weighted by atomic mass is 10.1. The zero-order chi connectivity index (χ0) is 12.8. The van der Waals surface area contributed by atoms with Crippen LogP contribution < -0.4 is 5.73 Å². The van der Waals surface area contributed by atoms with E-state index in [0.29, 0.717) is 19.6 Å². The molecule has 1 aliphatic heterocycles. The Morgan fingerprint density at radius 2 is 2.11 bits per heavy atom. The molecule has 1 aromatic carbocycles. The highest BCUT2D eigenvalue weighted by atomic mass is 16.5. The molecule has 0 unspecified atom stereocenters. The third-order valence-electron chi connectivity index (χ3n) is 3.17. The molecule has 1 fully saturated rings. The molecule has 0 saturated carbocycles. The summed E-state index contributed by atoms with van der Waals surface area (Å²) < 4.78 is 5.23. The minimum atomic E-state index is 0.238. The first-order chi connectivity index (χ1) is 8.75. The molecule has 1 aromatic rings. The number of carbonyl (C=O) groups excluding carboxylic acids is 1. The Balaban J connectivity index is 1.73. The molecule has 0 radical (unpaired) electrons. The molecule has 0 spiro atoms. The average molecular weight is 248 g/mol. The fourth-order valence-electron chi connectivity index (χ4n) is 2.16. The number of ether oxygens (including phenoxy) is 1. The smallest absolute Gasteiger partial charge is 0.222 e. The predicted octanol–water partition coefficient (Wildman–Crippen LogP) is 1.45. The van der Waals surface area contributed by atoms with E-state index < -0.39 is 0 Å². The van der Waals surface area contributed by atoms with E-state index in [2.05, 4.69) is 6.07 Å². The van der Waals surface area contributed by atoms with E-state index in [9.17, 15) is 4.79 Å². The van der Waals surface area contributed by atoms with Gasteiger partial charge in [-0.05, 0) is 30.5 Å². The Morgan fingerprint density at radius 3 is 2.83 bits per heavy atom. The highest BCUT2D eigenvalue weighted by Gasteiger charge is 2.15. The van der Waals surface area contributed by atoms with Crippen molar-refractivity contribution in [2.24, 2.45) is 0 Å². The van der Waals surface area contributed by atoms with Gasteiger partial charge in [-0.1, -0.05) is 12.1 Å². The minimum absolute atomic E-state index is 0.238. The van der Waals surface area contributed by atoms with Gasteiger partial charge >= 0.3 is 0 Å².